The molecule has 0 spiro atoms. The minimum Gasteiger partial charge on any atom is -0.494 e. The van der Waals surface area contributed by atoms with Crippen LogP contribution in [0.2, 0.25) is 0 Å². The Morgan fingerprint density at radius 2 is 1.83 bits per heavy atom. The maximum Gasteiger partial charge on any atom is 0.354 e. The zero-order valence-corrected chi connectivity index (χ0v) is 14.0. The minimum absolute atomic E-state index is 0.0142. The number of aromatic carboxylic acids is 1. The van der Waals surface area contributed by atoms with Crippen LogP contribution in [0.15, 0.2) is 36.4 Å². The maximum atomic E-state index is 11.2. The van der Waals surface area contributed by atoms with Gasteiger partial charge in [-0.2, -0.15) is 0 Å². The van der Waals surface area contributed by atoms with Crippen LogP contribution in [0.3, 0.4) is 0 Å². The molecule has 2 heterocycles. The first-order valence-electron chi connectivity index (χ1n) is 8.23. The first-order valence-corrected chi connectivity index (χ1v) is 8.23. The summed E-state index contributed by atoms with van der Waals surface area (Å²) >= 11 is 0. The monoisotopic (exact) mass is 326 g/mol. The van der Waals surface area contributed by atoms with Gasteiger partial charge in [-0.1, -0.05) is 24.3 Å². The van der Waals surface area contributed by atoms with E-state index in [0.717, 1.165) is 18.7 Å². The zero-order chi connectivity index (χ0) is 17.1. The van der Waals surface area contributed by atoms with Crippen molar-refractivity contribution < 1.29 is 14.6 Å². The molecule has 5 nitrogen and oxygen atoms in total. The van der Waals surface area contributed by atoms with Crippen LogP contribution in [0.5, 0.6) is 5.75 Å². The van der Waals surface area contributed by atoms with Gasteiger partial charge in [0, 0.05) is 11.6 Å². The van der Waals surface area contributed by atoms with Crippen molar-refractivity contribution in [2.75, 3.05) is 20.2 Å². The molecule has 1 aromatic heterocycles. The van der Waals surface area contributed by atoms with Crippen molar-refractivity contribution in [3.63, 3.8) is 0 Å². The zero-order valence-electron chi connectivity index (χ0n) is 14.0. The average Bonchev–Trinajstić information content (AvgIpc) is 3.15. The molecule has 1 saturated heterocycles. The summed E-state index contributed by atoms with van der Waals surface area (Å²) in [5.41, 5.74) is 2.68. The Hall–Kier alpha value is -2.40. The van der Waals surface area contributed by atoms with E-state index in [9.17, 15) is 4.79 Å². The summed E-state index contributed by atoms with van der Waals surface area (Å²) in [6, 6.07) is 11.6. The van der Waals surface area contributed by atoms with Gasteiger partial charge in [0.2, 0.25) is 0 Å². The summed E-state index contributed by atoms with van der Waals surface area (Å²) in [5, 5.41) is 9.15. The van der Waals surface area contributed by atoms with E-state index < -0.39 is 5.97 Å². The van der Waals surface area contributed by atoms with Crippen molar-refractivity contribution in [1.29, 1.82) is 0 Å². The molecule has 0 radical (unpaired) electrons. The fourth-order valence-corrected chi connectivity index (χ4v) is 3.20. The Labute approximate surface area is 141 Å². The first-order chi connectivity index (χ1) is 11.6. The molecule has 24 heavy (non-hydrogen) atoms. The lowest BCUT2D eigenvalue weighted by Gasteiger charge is -2.24. The highest BCUT2D eigenvalue weighted by atomic mass is 16.5. The summed E-state index contributed by atoms with van der Waals surface area (Å²) in [6.07, 6.45) is 2.54. The Bertz CT molecular complexity index is 722. The van der Waals surface area contributed by atoms with E-state index in [1.165, 1.54) is 24.5 Å². The van der Waals surface area contributed by atoms with Crippen LogP contribution in [0.25, 0.3) is 11.3 Å². The molecule has 1 aromatic carbocycles. The number of carboxylic acids is 1. The highest BCUT2D eigenvalue weighted by Crippen LogP contribution is 2.31. The molecule has 3 rings (SSSR count). The molecule has 5 heteroatoms. The third-order valence-electron chi connectivity index (χ3n) is 4.65. The fraction of sp³-hybridized carbons (Fsp3) is 0.368. The molecule has 1 N–H and O–H groups in total. The van der Waals surface area contributed by atoms with E-state index in [2.05, 4.69) is 28.9 Å². The second kappa shape index (κ2) is 7.01. The molecular formula is C19H22N2O3. The molecule has 0 aliphatic carbocycles. The molecule has 0 unspecified atom stereocenters. The predicted molar refractivity (Wildman–Crippen MR) is 92.4 cm³/mol. The lowest BCUT2D eigenvalue weighted by molar-refractivity contribution is 0.0690. The summed E-state index contributed by atoms with van der Waals surface area (Å²) < 4.78 is 5.33. The van der Waals surface area contributed by atoms with E-state index in [1.54, 1.807) is 13.2 Å². The van der Waals surface area contributed by atoms with E-state index >= 15 is 0 Å². The highest BCUT2D eigenvalue weighted by molar-refractivity contribution is 5.86. The molecule has 1 aliphatic heterocycles. The number of hydrogen-bond acceptors (Lipinski definition) is 4. The number of benzene rings is 1. The van der Waals surface area contributed by atoms with Gasteiger partial charge < -0.3 is 9.84 Å². The standard InChI is InChI=1S/C19H22N2O3/c1-13(21-11-3-4-12-21)14-5-7-15(8-6-14)18-17(24-2)10-9-16(20-18)19(22)23/h5-10,13H,3-4,11-12H2,1-2H3,(H,22,23)/t13-/m0/s1. The topological polar surface area (TPSA) is 62.7 Å². The number of carbonyl (C=O) groups is 1. The number of rotatable bonds is 5. The van der Waals surface area contributed by atoms with Crippen molar-refractivity contribution in [3.8, 4) is 17.0 Å². The molecule has 1 aliphatic rings. The normalized spacial score (nSPS) is 16.1. The van der Waals surface area contributed by atoms with Crippen molar-refractivity contribution >= 4 is 5.97 Å². The maximum absolute atomic E-state index is 11.2. The van der Waals surface area contributed by atoms with Crippen LogP contribution in [-0.2, 0) is 0 Å². The van der Waals surface area contributed by atoms with Crippen LogP contribution < -0.4 is 4.74 Å². The number of likely N-dealkylation sites (tertiary alicyclic amines) is 1. The van der Waals surface area contributed by atoms with Gasteiger partial charge in [-0.3, -0.25) is 4.90 Å². The lowest BCUT2D eigenvalue weighted by Crippen LogP contribution is -2.23. The van der Waals surface area contributed by atoms with Gasteiger partial charge in [0.15, 0.2) is 0 Å². The van der Waals surface area contributed by atoms with Gasteiger partial charge in [0.25, 0.3) is 0 Å². The summed E-state index contributed by atoms with van der Waals surface area (Å²) in [7, 11) is 1.56. The van der Waals surface area contributed by atoms with Crippen LogP contribution in [0.1, 0.15) is 41.9 Å². The average molecular weight is 326 g/mol. The summed E-state index contributed by atoms with van der Waals surface area (Å²) in [5.74, 6) is -0.474. The van der Waals surface area contributed by atoms with Crippen molar-refractivity contribution in [2.45, 2.75) is 25.8 Å². The quantitative estimate of drug-likeness (QED) is 0.909. The Balaban J connectivity index is 1.90. The Morgan fingerprint density at radius 3 is 2.42 bits per heavy atom. The van der Waals surface area contributed by atoms with E-state index in [-0.39, 0.29) is 5.69 Å². The third-order valence-corrected chi connectivity index (χ3v) is 4.65. The van der Waals surface area contributed by atoms with E-state index in [0.29, 0.717) is 17.5 Å². The molecule has 0 bridgehead atoms. The molecule has 1 atom stereocenters. The minimum atomic E-state index is -1.04. The summed E-state index contributed by atoms with van der Waals surface area (Å²) in [4.78, 5) is 17.9. The van der Waals surface area contributed by atoms with Crippen LogP contribution in [0.4, 0.5) is 0 Å². The van der Waals surface area contributed by atoms with Crippen LogP contribution in [0, 0.1) is 0 Å². The lowest BCUT2D eigenvalue weighted by atomic mass is 10.0. The second-order valence-corrected chi connectivity index (χ2v) is 6.09. The third kappa shape index (κ3) is 3.26. The largest absolute Gasteiger partial charge is 0.494 e. The van der Waals surface area contributed by atoms with Crippen LogP contribution in [-0.4, -0.2) is 41.2 Å². The van der Waals surface area contributed by atoms with Gasteiger partial charge in [-0.15, -0.1) is 0 Å². The van der Waals surface area contributed by atoms with Gasteiger partial charge in [0.05, 0.1) is 7.11 Å². The van der Waals surface area contributed by atoms with Crippen molar-refractivity contribution in [1.82, 2.24) is 9.88 Å². The Kier molecular flexibility index (Phi) is 4.81. The predicted octanol–water partition coefficient (Wildman–Crippen LogP) is 3.61. The second-order valence-electron chi connectivity index (χ2n) is 6.09. The van der Waals surface area contributed by atoms with Gasteiger partial charge in [-0.05, 0) is 50.6 Å². The smallest absolute Gasteiger partial charge is 0.354 e. The molecule has 0 amide bonds. The Morgan fingerprint density at radius 1 is 1.17 bits per heavy atom. The number of carboxylic acid groups (broad SMARTS) is 1. The van der Waals surface area contributed by atoms with Gasteiger partial charge in [-0.25, -0.2) is 9.78 Å². The molecule has 126 valence electrons. The van der Waals surface area contributed by atoms with Crippen molar-refractivity contribution in [3.05, 3.63) is 47.7 Å². The molecular weight excluding hydrogens is 304 g/mol. The number of aromatic nitrogens is 1. The number of nitrogens with zero attached hydrogens (tertiary/aromatic N) is 2. The highest BCUT2D eigenvalue weighted by Gasteiger charge is 2.19. The fourth-order valence-electron chi connectivity index (χ4n) is 3.20. The number of hydrogen-bond donors (Lipinski definition) is 1. The van der Waals surface area contributed by atoms with Crippen molar-refractivity contribution in [2.24, 2.45) is 0 Å². The van der Waals surface area contributed by atoms with Gasteiger partial charge >= 0.3 is 5.97 Å². The van der Waals surface area contributed by atoms with Crippen LogP contribution >= 0.6 is 0 Å². The first kappa shape index (κ1) is 16.5. The van der Waals surface area contributed by atoms with E-state index in [1.807, 2.05) is 12.1 Å². The number of pyridine rings is 1. The SMILES string of the molecule is COc1ccc(C(=O)O)nc1-c1ccc([C@H](C)N2CCCC2)cc1. The van der Waals surface area contributed by atoms with Gasteiger partial charge in [0.1, 0.15) is 17.1 Å². The molecule has 0 saturated carbocycles. The summed E-state index contributed by atoms with van der Waals surface area (Å²) in [6.45, 7) is 4.53. The number of methoxy groups -OCH3 is 1. The van der Waals surface area contributed by atoms with E-state index in [4.69, 9.17) is 9.84 Å². The number of ether oxygens (including phenoxy) is 1. The molecule has 1 fully saturated rings. The molecule has 2 aromatic rings.